The van der Waals surface area contributed by atoms with Crippen molar-refractivity contribution in [3.05, 3.63) is 13.6 Å². The Morgan fingerprint density at radius 1 is 1.64 bits per heavy atom. The third kappa shape index (κ3) is 1.26. The van der Waals surface area contributed by atoms with Crippen LogP contribution in [0.1, 0.15) is 15.4 Å². The van der Waals surface area contributed by atoms with Gasteiger partial charge in [0.2, 0.25) is 0 Å². The molecule has 1 amide bonds. The number of thiazole rings is 1. The van der Waals surface area contributed by atoms with Gasteiger partial charge in [-0.05, 0) is 22.6 Å². The zero-order valence-electron chi connectivity index (χ0n) is 5.56. The van der Waals surface area contributed by atoms with Gasteiger partial charge in [-0.2, -0.15) is 0 Å². The number of amides is 1. The van der Waals surface area contributed by atoms with Gasteiger partial charge in [-0.25, -0.2) is 4.98 Å². The minimum absolute atomic E-state index is 0.0228. The largest absolute Gasteiger partial charge is 0.350 e. The summed E-state index contributed by atoms with van der Waals surface area (Å²) in [5, 5.41) is 2.75. The normalized spacial score (nSPS) is 15.9. The van der Waals surface area contributed by atoms with Crippen LogP contribution in [0.15, 0.2) is 0 Å². The highest BCUT2D eigenvalue weighted by Crippen LogP contribution is 2.22. The molecule has 1 aromatic rings. The first kappa shape index (κ1) is 7.48. The molecule has 0 spiro atoms. The summed E-state index contributed by atoms with van der Waals surface area (Å²) in [6, 6.07) is 0. The number of halogens is 1. The van der Waals surface area contributed by atoms with Crippen molar-refractivity contribution in [2.24, 2.45) is 0 Å². The van der Waals surface area contributed by atoms with E-state index in [4.69, 9.17) is 0 Å². The van der Waals surface area contributed by atoms with Gasteiger partial charge in [0.15, 0.2) is 3.01 Å². The number of nitrogens with one attached hydrogen (secondary N) is 1. The lowest BCUT2D eigenvalue weighted by Crippen LogP contribution is -2.31. The molecule has 1 aliphatic heterocycles. The van der Waals surface area contributed by atoms with Crippen molar-refractivity contribution >= 4 is 39.8 Å². The molecule has 1 aromatic heterocycles. The molecule has 0 bridgehead atoms. The van der Waals surface area contributed by atoms with Crippen molar-refractivity contribution in [1.82, 2.24) is 10.3 Å². The second-order valence-corrected chi connectivity index (χ2v) is 5.08. The summed E-state index contributed by atoms with van der Waals surface area (Å²) >= 11 is 3.75. The predicted molar refractivity (Wildman–Crippen MR) is 50.9 cm³/mol. The van der Waals surface area contributed by atoms with Gasteiger partial charge in [-0.15, -0.1) is 11.3 Å². The molecule has 0 unspecified atom stereocenters. The molecule has 58 valence electrons. The molecule has 0 aromatic carbocycles. The molecule has 0 radical (unpaired) electrons. The van der Waals surface area contributed by atoms with Crippen LogP contribution >= 0.6 is 33.9 Å². The van der Waals surface area contributed by atoms with E-state index in [1.54, 1.807) is 11.3 Å². The van der Waals surface area contributed by atoms with Gasteiger partial charge >= 0.3 is 0 Å². The minimum atomic E-state index is -0.0228. The number of hydrogen-bond donors (Lipinski definition) is 1. The zero-order chi connectivity index (χ0) is 7.84. The van der Waals surface area contributed by atoms with Crippen LogP contribution in [0, 0.1) is 3.01 Å². The van der Waals surface area contributed by atoms with Crippen LogP contribution in [0.3, 0.4) is 0 Å². The van der Waals surface area contributed by atoms with Gasteiger partial charge in [0.05, 0.1) is 0 Å². The maximum absolute atomic E-state index is 11.1. The molecule has 0 atom stereocenters. The Balaban J connectivity index is 2.52. The maximum Gasteiger partial charge on any atom is 0.271 e. The van der Waals surface area contributed by atoms with Crippen LogP contribution < -0.4 is 5.32 Å². The lowest BCUT2D eigenvalue weighted by molar-refractivity contribution is 0.0942. The van der Waals surface area contributed by atoms with Gasteiger partial charge in [0.1, 0.15) is 5.69 Å². The average molecular weight is 280 g/mol. The maximum atomic E-state index is 11.1. The van der Waals surface area contributed by atoms with Gasteiger partial charge in [-0.3, -0.25) is 4.79 Å². The van der Waals surface area contributed by atoms with E-state index in [1.807, 2.05) is 0 Å². The highest BCUT2D eigenvalue weighted by Gasteiger charge is 2.20. The van der Waals surface area contributed by atoms with E-state index in [-0.39, 0.29) is 5.91 Å². The number of aromatic nitrogens is 1. The van der Waals surface area contributed by atoms with E-state index in [0.29, 0.717) is 5.69 Å². The Morgan fingerprint density at radius 3 is 3.18 bits per heavy atom. The predicted octanol–water partition coefficient (Wildman–Crippen LogP) is 1.03. The Labute approximate surface area is 81.4 Å². The van der Waals surface area contributed by atoms with E-state index in [0.717, 1.165) is 20.9 Å². The molecule has 5 heteroatoms. The van der Waals surface area contributed by atoms with Crippen LogP contribution in [-0.4, -0.2) is 17.4 Å². The molecule has 11 heavy (non-hydrogen) atoms. The van der Waals surface area contributed by atoms with Gasteiger partial charge < -0.3 is 5.32 Å². The van der Waals surface area contributed by atoms with Crippen LogP contribution in [0.5, 0.6) is 0 Å². The quantitative estimate of drug-likeness (QED) is 0.721. The summed E-state index contributed by atoms with van der Waals surface area (Å²) in [5.41, 5.74) is 0.630. The van der Waals surface area contributed by atoms with Crippen LogP contribution in [0.4, 0.5) is 0 Å². The van der Waals surface area contributed by atoms with Crippen molar-refractivity contribution in [2.45, 2.75) is 6.42 Å². The van der Waals surface area contributed by atoms with Gasteiger partial charge in [0, 0.05) is 17.8 Å². The Bertz CT molecular complexity index is 310. The fourth-order valence-corrected chi connectivity index (χ4v) is 2.86. The number of hydrogen-bond acceptors (Lipinski definition) is 3. The number of carbonyl (C=O) groups excluding carboxylic acids is 1. The first-order valence-corrected chi connectivity index (χ1v) is 5.10. The molecule has 2 rings (SSSR count). The minimum Gasteiger partial charge on any atom is -0.350 e. The van der Waals surface area contributed by atoms with Crippen molar-refractivity contribution in [3.8, 4) is 0 Å². The molecule has 2 heterocycles. The zero-order valence-corrected chi connectivity index (χ0v) is 8.53. The highest BCUT2D eigenvalue weighted by molar-refractivity contribution is 14.1. The summed E-state index contributed by atoms with van der Waals surface area (Å²) < 4.78 is 0.949. The molecule has 0 aliphatic carbocycles. The molecule has 1 aliphatic rings. The monoisotopic (exact) mass is 280 g/mol. The lowest BCUT2D eigenvalue weighted by atomic mass is 10.2. The lowest BCUT2D eigenvalue weighted by Gasteiger charge is -2.09. The van der Waals surface area contributed by atoms with Crippen LogP contribution in [0.2, 0.25) is 0 Å². The topological polar surface area (TPSA) is 42.0 Å². The smallest absolute Gasteiger partial charge is 0.271 e. The summed E-state index contributed by atoms with van der Waals surface area (Å²) in [5.74, 6) is -0.0228. The Morgan fingerprint density at radius 2 is 2.45 bits per heavy atom. The van der Waals surface area contributed by atoms with E-state index in [2.05, 4.69) is 32.9 Å². The second-order valence-electron chi connectivity index (χ2n) is 2.24. The number of fused-ring (bicyclic) bond motifs is 1. The van der Waals surface area contributed by atoms with Gasteiger partial charge in [-0.1, -0.05) is 0 Å². The fourth-order valence-electron chi connectivity index (χ4n) is 1.04. The van der Waals surface area contributed by atoms with E-state index in [9.17, 15) is 4.79 Å². The van der Waals surface area contributed by atoms with E-state index in [1.165, 1.54) is 0 Å². The first-order valence-electron chi connectivity index (χ1n) is 3.21. The average Bonchev–Trinajstić information content (AvgIpc) is 2.31. The van der Waals surface area contributed by atoms with E-state index >= 15 is 0 Å². The summed E-state index contributed by atoms with van der Waals surface area (Å²) in [6.07, 6.45) is 0.932. The summed E-state index contributed by atoms with van der Waals surface area (Å²) in [4.78, 5) is 16.4. The molecule has 1 N–H and O–H groups in total. The molecule has 0 fully saturated rings. The van der Waals surface area contributed by atoms with Crippen molar-refractivity contribution in [2.75, 3.05) is 6.54 Å². The third-order valence-corrected chi connectivity index (χ3v) is 3.33. The standard InChI is InChI=1S/C6H5IN2OS/c7-6-9-4-3(11-6)1-2-8-5(4)10/h1-2H2,(H,8,10). The highest BCUT2D eigenvalue weighted by atomic mass is 127. The fraction of sp³-hybridized carbons (Fsp3) is 0.333. The van der Waals surface area contributed by atoms with Crippen molar-refractivity contribution in [1.29, 1.82) is 0 Å². The SMILES string of the molecule is O=C1NCCc2sc(I)nc21. The van der Waals surface area contributed by atoms with Crippen LogP contribution in [-0.2, 0) is 6.42 Å². The molecule has 3 nitrogen and oxygen atoms in total. The second kappa shape index (κ2) is 2.71. The Hall–Kier alpha value is -0.170. The van der Waals surface area contributed by atoms with Gasteiger partial charge in [0.25, 0.3) is 5.91 Å². The first-order chi connectivity index (χ1) is 5.27. The third-order valence-electron chi connectivity index (χ3n) is 1.52. The molecular weight excluding hydrogens is 275 g/mol. The van der Waals surface area contributed by atoms with E-state index < -0.39 is 0 Å². The van der Waals surface area contributed by atoms with Crippen molar-refractivity contribution in [3.63, 3.8) is 0 Å². The Kier molecular flexibility index (Phi) is 1.84. The van der Waals surface area contributed by atoms with Crippen LogP contribution in [0.25, 0.3) is 0 Å². The number of carbonyl (C=O) groups is 1. The molecule has 0 saturated heterocycles. The number of rotatable bonds is 0. The molecular formula is C6H5IN2OS. The molecule has 0 saturated carbocycles. The number of nitrogens with zero attached hydrogens (tertiary/aromatic N) is 1. The van der Waals surface area contributed by atoms with Crippen molar-refractivity contribution < 1.29 is 4.79 Å². The summed E-state index contributed by atoms with van der Waals surface area (Å²) in [6.45, 7) is 0.754. The summed E-state index contributed by atoms with van der Waals surface area (Å²) in [7, 11) is 0.